The molecule has 0 radical (unpaired) electrons. The minimum atomic E-state index is -0.257. The van der Waals surface area contributed by atoms with E-state index in [4.69, 9.17) is 5.73 Å². The van der Waals surface area contributed by atoms with E-state index >= 15 is 0 Å². The largest absolute Gasteiger partial charge is 0.325 e. The van der Waals surface area contributed by atoms with Crippen molar-refractivity contribution >= 4 is 5.78 Å². The fourth-order valence-electron chi connectivity index (χ4n) is 3.43. The van der Waals surface area contributed by atoms with Crippen LogP contribution in [0, 0.1) is 0 Å². The Kier molecular flexibility index (Phi) is 5.57. The lowest BCUT2D eigenvalue weighted by atomic mass is 9.79. The lowest BCUT2D eigenvalue weighted by Gasteiger charge is -2.32. The Morgan fingerprint density at radius 2 is 2.00 bits per heavy atom. The summed E-state index contributed by atoms with van der Waals surface area (Å²) >= 11 is 0. The van der Waals surface area contributed by atoms with Crippen LogP contribution in [0.4, 0.5) is 0 Å². The van der Waals surface area contributed by atoms with Crippen molar-refractivity contribution < 1.29 is 4.79 Å². The second kappa shape index (κ2) is 7.21. The summed E-state index contributed by atoms with van der Waals surface area (Å²) in [5.41, 5.74) is 6.99. The first-order valence-corrected chi connectivity index (χ1v) is 8.41. The van der Waals surface area contributed by atoms with Gasteiger partial charge >= 0.3 is 0 Å². The first kappa shape index (κ1) is 16.2. The molecule has 0 bridgehead atoms. The molecule has 1 heterocycles. The standard InChI is InChI=1S/C17H29N3O/c1-3-15(4-2)20-11-8-14(19-20)12-16(21)13-17(18)9-6-5-7-10-17/h8,11,15H,3-7,9-10,12-13,18H2,1-2H3. The third-order valence-electron chi connectivity index (χ3n) is 4.76. The van der Waals surface area contributed by atoms with Crippen LogP contribution in [0.3, 0.4) is 0 Å². The number of aromatic nitrogens is 2. The van der Waals surface area contributed by atoms with Gasteiger partial charge in [-0.25, -0.2) is 0 Å². The summed E-state index contributed by atoms with van der Waals surface area (Å²) in [5.74, 6) is 0.231. The average molecular weight is 291 g/mol. The quantitative estimate of drug-likeness (QED) is 0.837. The lowest BCUT2D eigenvalue weighted by Crippen LogP contribution is -2.43. The molecular weight excluding hydrogens is 262 g/mol. The van der Waals surface area contributed by atoms with Crippen molar-refractivity contribution in [2.45, 2.75) is 83.2 Å². The van der Waals surface area contributed by atoms with Crippen LogP contribution < -0.4 is 5.73 Å². The molecule has 21 heavy (non-hydrogen) atoms. The van der Waals surface area contributed by atoms with E-state index in [0.717, 1.165) is 44.2 Å². The fourth-order valence-corrected chi connectivity index (χ4v) is 3.43. The van der Waals surface area contributed by atoms with Crippen molar-refractivity contribution in [2.75, 3.05) is 0 Å². The zero-order valence-electron chi connectivity index (χ0n) is 13.5. The molecule has 1 aromatic heterocycles. The number of carbonyl (C=O) groups excluding carboxylic acids is 1. The molecule has 0 atom stereocenters. The topological polar surface area (TPSA) is 60.9 Å². The Hall–Kier alpha value is -1.16. The Labute approximate surface area is 128 Å². The molecule has 1 fully saturated rings. The van der Waals surface area contributed by atoms with Crippen LogP contribution in [-0.4, -0.2) is 21.1 Å². The van der Waals surface area contributed by atoms with Gasteiger partial charge in [0.15, 0.2) is 0 Å². The number of hydrogen-bond donors (Lipinski definition) is 1. The van der Waals surface area contributed by atoms with Gasteiger partial charge in [-0.3, -0.25) is 9.48 Å². The van der Waals surface area contributed by atoms with Crippen molar-refractivity contribution in [1.29, 1.82) is 0 Å². The van der Waals surface area contributed by atoms with E-state index in [2.05, 4.69) is 18.9 Å². The van der Waals surface area contributed by atoms with E-state index in [9.17, 15) is 4.79 Å². The predicted molar refractivity (Wildman–Crippen MR) is 85.2 cm³/mol. The smallest absolute Gasteiger partial charge is 0.140 e. The molecular formula is C17H29N3O. The van der Waals surface area contributed by atoms with Crippen LogP contribution >= 0.6 is 0 Å². The number of Topliss-reactive ketones (excluding diaryl/α,β-unsaturated/α-hetero) is 1. The molecule has 118 valence electrons. The minimum absolute atomic E-state index is 0.231. The summed E-state index contributed by atoms with van der Waals surface area (Å²) in [7, 11) is 0. The van der Waals surface area contributed by atoms with Gasteiger partial charge in [0.25, 0.3) is 0 Å². The molecule has 1 aliphatic carbocycles. The maximum Gasteiger partial charge on any atom is 0.140 e. The van der Waals surface area contributed by atoms with Crippen LogP contribution in [-0.2, 0) is 11.2 Å². The number of ketones is 1. The Balaban J connectivity index is 1.90. The highest BCUT2D eigenvalue weighted by Gasteiger charge is 2.30. The van der Waals surface area contributed by atoms with Gasteiger partial charge in [-0.15, -0.1) is 0 Å². The minimum Gasteiger partial charge on any atom is -0.325 e. The van der Waals surface area contributed by atoms with Crippen LogP contribution in [0.5, 0.6) is 0 Å². The molecule has 0 unspecified atom stereocenters. The number of nitrogens with two attached hydrogens (primary N) is 1. The van der Waals surface area contributed by atoms with Crippen molar-refractivity contribution in [1.82, 2.24) is 9.78 Å². The Morgan fingerprint density at radius 1 is 1.33 bits per heavy atom. The summed E-state index contributed by atoms with van der Waals surface area (Å²) in [5, 5.41) is 4.56. The van der Waals surface area contributed by atoms with Gasteiger partial charge in [-0.05, 0) is 31.7 Å². The molecule has 0 aliphatic heterocycles. The summed E-state index contributed by atoms with van der Waals surface area (Å²) in [6.07, 6.45) is 10.6. The molecule has 4 nitrogen and oxygen atoms in total. The highest BCUT2D eigenvalue weighted by atomic mass is 16.1. The normalized spacial score (nSPS) is 18.1. The lowest BCUT2D eigenvalue weighted by molar-refractivity contribution is -0.119. The molecule has 4 heteroatoms. The van der Waals surface area contributed by atoms with Crippen molar-refractivity contribution in [3.8, 4) is 0 Å². The molecule has 0 aromatic carbocycles. The summed E-state index contributed by atoms with van der Waals surface area (Å²) in [6, 6.07) is 2.41. The van der Waals surface area contributed by atoms with Crippen molar-refractivity contribution in [3.63, 3.8) is 0 Å². The molecule has 0 saturated heterocycles. The average Bonchev–Trinajstić information content (AvgIpc) is 2.88. The van der Waals surface area contributed by atoms with Crippen molar-refractivity contribution in [2.24, 2.45) is 5.73 Å². The van der Waals surface area contributed by atoms with Gasteiger partial charge in [-0.2, -0.15) is 5.10 Å². The predicted octanol–water partition coefficient (Wildman–Crippen LogP) is 3.41. The van der Waals surface area contributed by atoms with Gasteiger partial charge < -0.3 is 5.73 Å². The molecule has 1 saturated carbocycles. The molecule has 2 rings (SSSR count). The number of nitrogens with zero attached hydrogens (tertiary/aromatic N) is 2. The van der Waals surface area contributed by atoms with E-state index < -0.39 is 0 Å². The zero-order valence-corrected chi connectivity index (χ0v) is 13.5. The maximum absolute atomic E-state index is 12.3. The summed E-state index contributed by atoms with van der Waals surface area (Å²) in [4.78, 5) is 12.3. The Morgan fingerprint density at radius 3 is 2.62 bits per heavy atom. The SMILES string of the molecule is CCC(CC)n1ccc(CC(=O)CC2(N)CCCCC2)n1. The van der Waals surface area contributed by atoms with Crippen LogP contribution in [0.1, 0.15) is 76.9 Å². The molecule has 2 N–H and O–H groups in total. The van der Waals surface area contributed by atoms with Gasteiger partial charge in [0.2, 0.25) is 0 Å². The first-order chi connectivity index (χ1) is 10.1. The third kappa shape index (κ3) is 4.40. The second-order valence-electron chi connectivity index (χ2n) is 6.57. The molecule has 1 aliphatic rings. The molecule has 1 aromatic rings. The highest BCUT2D eigenvalue weighted by molar-refractivity contribution is 5.81. The second-order valence-corrected chi connectivity index (χ2v) is 6.57. The van der Waals surface area contributed by atoms with Gasteiger partial charge in [0.1, 0.15) is 5.78 Å². The van der Waals surface area contributed by atoms with Gasteiger partial charge in [0.05, 0.1) is 18.2 Å². The van der Waals surface area contributed by atoms with Crippen LogP contribution in [0.2, 0.25) is 0 Å². The first-order valence-electron chi connectivity index (χ1n) is 8.41. The Bertz CT molecular complexity index is 456. The van der Waals surface area contributed by atoms with Crippen LogP contribution in [0.25, 0.3) is 0 Å². The summed E-state index contributed by atoms with van der Waals surface area (Å²) in [6.45, 7) is 4.34. The highest BCUT2D eigenvalue weighted by Crippen LogP contribution is 2.29. The fraction of sp³-hybridized carbons (Fsp3) is 0.765. The maximum atomic E-state index is 12.3. The number of rotatable bonds is 7. The monoisotopic (exact) mass is 291 g/mol. The number of hydrogen-bond acceptors (Lipinski definition) is 3. The van der Waals surface area contributed by atoms with E-state index in [1.54, 1.807) is 0 Å². The third-order valence-corrected chi connectivity index (χ3v) is 4.76. The van der Waals surface area contributed by atoms with Crippen LogP contribution in [0.15, 0.2) is 12.3 Å². The zero-order chi connectivity index (χ0) is 15.3. The van der Waals surface area contributed by atoms with Gasteiger partial charge in [0, 0.05) is 18.2 Å². The van der Waals surface area contributed by atoms with Gasteiger partial charge in [-0.1, -0.05) is 33.1 Å². The van der Waals surface area contributed by atoms with E-state index in [0.29, 0.717) is 18.9 Å². The molecule has 0 spiro atoms. The van der Waals surface area contributed by atoms with E-state index in [1.807, 2.05) is 16.9 Å². The molecule has 0 amide bonds. The van der Waals surface area contributed by atoms with Crippen molar-refractivity contribution in [3.05, 3.63) is 18.0 Å². The summed E-state index contributed by atoms with van der Waals surface area (Å²) < 4.78 is 2.00. The van der Waals surface area contributed by atoms with E-state index in [1.165, 1.54) is 6.42 Å². The number of carbonyl (C=O) groups is 1. The van der Waals surface area contributed by atoms with E-state index in [-0.39, 0.29) is 11.3 Å².